The molecule has 5 nitrogen and oxygen atoms in total. The topological polar surface area (TPSA) is 54.5 Å². The lowest BCUT2D eigenvalue weighted by Crippen LogP contribution is -2.41. The predicted molar refractivity (Wildman–Crippen MR) is 102 cm³/mol. The number of nitrogens with one attached hydrogen (secondary N) is 1. The number of likely N-dealkylation sites (tertiary alicyclic amines) is 1. The Balaban J connectivity index is 1.49. The number of nitrogens with zero attached hydrogens (tertiary/aromatic N) is 2. The van der Waals surface area contributed by atoms with Crippen LogP contribution < -0.4 is 5.32 Å². The number of benzene rings is 1. The number of carbonyl (C=O) groups excluding carboxylic acids is 1. The summed E-state index contributed by atoms with van der Waals surface area (Å²) in [6.07, 6.45) is 2.34. The van der Waals surface area contributed by atoms with E-state index in [2.05, 4.69) is 46.4 Å². The second kappa shape index (κ2) is 8.56. The smallest absolute Gasteiger partial charge is 0.240 e. The number of amides is 1. The fourth-order valence-corrected chi connectivity index (χ4v) is 3.76. The van der Waals surface area contributed by atoms with Crippen molar-refractivity contribution in [2.45, 2.75) is 32.8 Å². The number of carbonyl (C=O) groups is 1. The van der Waals surface area contributed by atoms with Gasteiger partial charge in [0, 0.05) is 30.6 Å². The molecule has 1 aliphatic heterocycles. The lowest BCUT2D eigenvalue weighted by atomic mass is 10.1. The molecule has 6 heteroatoms. The maximum atomic E-state index is 12.3. The molecular weight excluding hydrogens is 334 g/mol. The van der Waals surface area contributed by atoms with Gasteiger partial charge in [-0.15, -0.1) is 11.3 Å². The minimum absolute atomic E-state index is 0.000309. The van der Waals surface area contributed by atoms with E-state index >= 15 is 0 Å². The van der Waals surface area contributed by atoms with Crippen molar-refractivity contribution in [3.05, 3.63) is 35.2 Å². The normalized spacial score (nSPS) is 16.1. The maximum absolute atomic E-state index is 12.3. The summed E-state index contributed by atoms with van der Waals surface area (Å²) in [6.45, 7) is 7.08. The summed E-state index contributed by atoms with van der Waals surface area (Å²) in [5, 5.41) is 5.56. The van der Waals surface area contributed by atoms with Crippen molar-refractivity contribution in [3.63, 3.8) is 0 Å². The Bertz CT molecular complexity index is 691. The van der Waals surface area contributed by atoms with Crippen LogP contribution in [0.5, 0.6) is 0 Å². The lowest BCUT2D eigenvalue weighted by Gasteiger charge is -2.31. The van der Waals surface area contributed by atoms with Crippen molar-refractivity contribution in [1.29, 1.82) is 0 Å². The summed E-state index contributed by atoms with van der Waals surface area (Å²) in [5.41, 5.74) is 3.19. The Morgan fingerprint density at radius 3 is 2.72 bits per heavy atom. The monoisotopic (exact) mass is 359 g/mol. The van der Waals surface area contributed by atoms with E-state index in [-0.39, 0.29) is 5.91 Å². The van der Waals surface area contributed by atoms with Crippen molar-refractivity contribution in [1.82, 2.24) is 9.88 Å². The Morgan fingerprint density at radius 1 is 1.32 bits per heavy atom. The van der Waals surface area contributed by atoms with E-state index in [1.807, 2.05) is 12.3 Å². The van der Waals surface area contributed by atoms with Crippen LogP contribution in [-0.2, 0) is 9.53 Å². The first-order valence-electron chi connectivity index (χ1n) is 8.80. The zero-order chi connectivity index (χ0) is 17.6. The summed E-state index contributed by atoms with van der Waals surface area (Å²) < 4.78 is 5.65. The first kappa shape index (κ1) is 18.0. The molecule has 1 N–H and O–H groups in total. The van der Waals surface area contributed by atoms with E-state index in [1.54, 1.807) is 0 Å². The molecule has 1 aliphatic rings. The van der Waals surface area contributed by atoms with E-state index in [9.17, 15) is 4.79 Å². The van der Waals surface area contributed by atoms with Gasteiger partial charge in [-0.25, -0.2) is 4.98 Å². The van der Waals surface area contributed by atoms with Crippen LogP contribution in [-0.4, -0.2) is 48.1 Å². The van der Waals surface area contributed by atoms with Crippen LogP contribution in [0.3, 0.4) is 0 Å². The van der Waals surface area contributed by atoms with Crippen molar-refractivity contribution in [2.75, 3.05) is 31.6 Å². The molecule has 1 aromatic heterocycles. The molecule has 2 heterocycles. The molecule has 0 aliphatic carbocycles. The van der Waals surface area contributed by atoms with E-state index in [0.29, 0.717) is 17.8 Å². The number of rotatable bonds is 6. The molecule has 1 aromatic carbocycles. The van der Waals surface area contributed by atoms with Crippen molar-refractivity contribution < 1.29 is 9.53 Å². The highest BCUT2D eigenvalue weighted by atomic mass is 32.1. The van der Waals surface area contributed by atoms with Gasteiger partial charge in [0.15, 0.2) is 5.13 Å². The highest BCUT2D eigenvalue weighted by molar-refractivity contribution is 7.14. The second-order valence-electron chi connectivity index (χ2n) is 6.38. The van der Waals surface area contributed by atoms with Crippen LogP contribution in [0.15, 0.2) is 29.6 Å². The zero-order valence-corrected chi connectivity index (χ0v) is 15.6. The number of ether oxygens (including phenoxy) is 1. The van der Waals surface area contributed by atoms with Gasteiger partial charge in [0.1, 0.15) is 0 Å². The Morgan fingerprint density at radius 2 is 2.04 bits per heavy atom. The average molecular weight is 359 g/mol. The molecule has 3 rings (SSSR count). The molecule has 2 aromatic rings. The summed E-state index contributed by atoms with van der Waals surface area (Å²) >= 11 is 1.46. The highest BCUT2D eigenvalue weighted by Crippen LogP contribution is 2.25. The number of aryl methyl sites for hydroxylation is 1. The van der Waals surface area contributed by atoms with Crippen molar-refractivity contribution in [3.8, 4) is 11.3 Å². The molecule has 1 fully saturated rings. The molecule has 25 heavy (non-hydrogen) atoms. The third kappa shape index (κ3) is 5.11. The first-order chi connectivity index (χ1) is 12.1. The summed E-state index contributed by atoms with van der Waals surface area (Å²) in [5.74, 6) is -0.000309. The molecule has 134 valence electrons. The number of anilines is 1. The second-order valence-corrected chi connectivity index (χ2v) is 7.24. The molecule has 1 saturated heterocycles. The van der Waals surface area contributed by atoms with Crippen LogP contribution in [0.2, 0.25) is 0 Å². The number of aromatic nitrogens is 1. The van der Waals surface area contributed by atoms with Crippen LogP contribution in [0.25, 0.3) is 11.3 Å². The quantitative estimate of drug-likeness (QED) is 0.857. The molecule has 0 unspecified atom stereocenters. The average Bonchev–Trinajstić information content (AvgIpc) is 3.06. The van der Waals surface area contributed by atoms with E-state index in [0.717, 1.165) is 43.8 Å². The Kier molecular flexibility index (Phi) is 6.18. The molecule has 0 radical (unpaired) electrons. The Hall–Kier alpha value is -1.76. The van der Waals surface area contributed by atoms with Crippen LogP contribution in [0.1, 0.15) is 25.3 Å². The summed E-state index contributed by atoms with van der Waals surface area (Å²) in [4.78, 5) is 19.0. The minimum Gasteiger partial charge on any atom is -0.378 e. The minimum atomic E-state index is -0.000309. The fourth-order valence-electron chi connectivity index (χ4n) is 3.02. The highest BCUT2D eigenvalue weighted by Gasteiger charge is 2.21. The standard InChI is InChI=1S/C19H25N3O2S/c1-3-24-16-8-10-22(11-9-16)12-18(23)21-19-20-17(13-25-19)15-6-4-14(2)5-7-15/h4-7,13,16H,3,8-12H2,1-2H3,(H,20,21,23). The third-order valence-electron chi connectivity index (χ3n) is 4.40. The van der Waals surface area contributed by atoms with Crippen molar-refractivity contribution in [2.24, 2.45) is 0 Å². The maximum Gasteiger partial charge on any atom is 0.240 e. The fraction of sp³-hybridized carbons (Fsp3) is 0.474. The van der Waals surface area contributed by atoms with Crippen molar-refractivity contribution >= 4 is 22.4 Å². The molecule has 0 saturated carbocycles. The van der Waals surface area contributed by atoms with E-state index in [1.165, 1.54) is 16.9 Å². The number of piperidine rings is 1. The number of thiazole rings is 1. The van der Waals surface area contributed by atoms with Gasteiger partial charge in [0.25, 0.3) is 0 Å². The SMILES string of the molecule is CCOC1CCN(CC(=O)Nc2nc(-c3ccc(C)cc3)cs2)CC1. The molecule has 0 atom stereocenters. The molecule has 0 spiro atoms. The van der Waals surface area contributed by atoms with Gasteiger partial charge in [-0.3, -0.25) is 9.69 Å². The zero-order valence-electron chi connectivity index (χ0n) is 14.8. The van der Waals surface area contributed by atoms with Crippen LogP contribution in [0, 0.1) is 6.92 Å². The molecule has 1 amide bonds. The van der Waals surface area contributed by atoms with Gasteiger partial charge in [-0.2, -0.15) is 0 Å². The van der Waals surface area contributed by atoms with Gasteiger partial charge in [-0.05, 0) is 26.7 Å². The number of hydrogen-bond donors (Lipinski definition) is 1. The molecular formula is C19H25N3O2S. The summed E-state index contributed by atoms with van der Waals surface area (Å²) in [7, 11) is 0. The predicted octanol–water partition coefficient (Wildman–Crippen LogP) is 3.56. The first-order valence-corrected chi connectivity index (χ1v) is 9.68. The van der Waals surface area contributed by atoms with Gasteiger partial charge >= 0.3 is 0 Å². The van der Waals surface area contributed by atoms with E-state index in [4.69, 9.17) is 4.74 Å². The third-order valence-corrected chi connectivity index (χ3v) is 5.16. The van der Waals surface area contributed by atoms with Gasteiger partial charge in [0.2, 0.25) is 5.91 Å². The van der Waals surface area contributed by atoms with E-state index < -0.39 is 0 Å². The largest absolute Gasteiger partial charge is 0.378 e. The van der Waals surface area contributed by atoms with Gasteiger partial charge in [-0.1, -0.05) is 29.8 Å². The lowest BCUT2D eigenvalue weighted by molar-refractivity contribution is -0.118. The van der Waals surface area contributed by atoms with Gasteiger partial charge < -0.3 is 10.1 Å². The molecule has 0 bridgehead atoms. The summed E-state index contributed by atoms with van der Waals surface area (Å²) in [6, 6.07) is 8.24. The Labute approximate surface area is 153 Å². The number of hydrogen-bond acceptors (Lipinski definition) is 5. The van der Waals surface area contributed by atoms with Gasteiger partial charge in [0.05, 0.1) is 18.3 Å². The van der Waals surface area contributed by atoms with Crippen LogP contribution >= 0.6 is 11.3 Å². The van der Waals surface area contributed by atoms with Crippen LogP contribution in [0.4, 0.5) is 5.13 Å².